The Bertz CT molecular complexity index is 130. The van der Waals surface area contributed by atoms with Crippen LogP contribution in [0.5, 0.6) is 0 Å². The fraction of sp³-hybridized carbons (Fsp3) is 0.571. The van der Waals surface area contributed by atoms with Crippen molar-refractivity contribution in [1.29, 1.82) is 0 Å². The maximum Gasteiger partial charge on any atom is 0.0422 e. The summed E-state index contributed by atoms with van der Waals surface area (Å²) >= 11 is 0. The molecule has 9 heavy (non-hydrogen) atoms. The molecule has 0 bridgehead atoms. The van der Waals surface area contributed by atoms with E-state index >= 15 is 0 Å². The molecule has 0 aromatic rings. The highest BCUT2D eigenvalue weighted by atomic mass is 32.3. The lowest BCUT2D eigenvalue weighted by Gasteiger charge is -2.17. The smallest absolute Gasteiger partial charge is 0.0422 e. The van der Waals surface area contributed by atoms with Crippen molar-refractivity contribution in [2.75, 3.05) is 18.8 Å². The van der Waals surface area contributed by atoms with Crippen LogP contribution in [0.1, 0.15) is 6.92 Å². The highest BCUT2D eigenvalue weighted by Crippen LogP contribution is 2.30. The topological polar surface area (TPSA) is 12.4 Å². The predicted molar refractivity (Wildman–Crippen MR) is 48.7 cm³/mol. The average molecular weight is 145 g/mol. The lowest BCUT2D eigenvalue weighted by Crippen LogP contribution is -1.91. The van der Waals surface area contributed by atoms with Crippen molar-refractivity contribution in [1.82, 2.24) is 0 Å². The van der Waals surface area contributed by atoms with E-state index in [0.29, 0.717) is 0 Å². The van der Waals surface area contributed by atoms with Gasteiger partial charge < -0.3 is 0 Å². The third kappa shape index (κ3) is 7.76. The van der Waals surface area contributed by atoms with Crippen LogP contribution in [0.3, 0.4) is 0 Å². The summed E-state index contributed by atoms with van der Waals surface area (Å²) in [4.78, 5) is 4.11. The van der Waals surface area contributed by atoms with Gasteiger partial charge >= 0.3 is 0 Å². The minimum absolute atomic E-state index is 0.572. The molecule has 0 aliphatic carbocycles. The first-order chi connectivity index (χ1) is 3.92. The molecule has 0 aliphatic heterocycles. The van der Waals surface area contributed by atoms with Crippen LogP contribution in [0.4, 0.5) is 0 Å². The molecule has 0 spiro atoms. The summed E-state index contributed by atoms with van der Waals surface area (Å²) in [6.45, 7) is 5.58. The summed E-state index contributed by atoms with van der Waals surface area (Å²) in [7, 11) is -0.572. The fourth-order valence-electron chi connectivity index (χ4n) is 0.248. The van der Waals surface area contributed by atoms with Crippen LogP contribution in [-0.2, 0) is 0 Å². The Balaban J connectivity index is 3.86. The second kappa shape index (κ2) is 3.06. The van der Waals surface area contributed by atoms with Crippen LogP contribution in [-0.4, -0.2) is 24.3 Å². The Hall–Kier alpha value is -0.240. The Morgan fingerprint density at radius 2 is 1.89 bits per heavy atom. The van der Waals surface area contributed by atoms with Crippen LogP contribution in [0, 0.1) is 0 Å². The van der Waals surface area contributed by atoms with Gasteiger partial charge in [0, 0.05) is 11.2 Å². The van der Waals surface area contributed by atoms with Gasteiger partial charge in [0.2, 0.25) is 0 Å². The molecule has 0 amide bonds. The minimum atomic E-state index is -0.572. The van der Waals surface area contributed by atoms with Gasteiger partial charge in [0.05, 0.1) is 0 Å². The molecular weight excluding hydrogens is 130 g/mol. The predicted octanol–water partition coefficient (Wildman–Crippen LogP) is 2.24. The Morgan fingerprint density at radius 1 is 1.44 bits per heavy atom. The monoisotopic (exact) mass is 145 g/mol. The van der Waals surface area contributed by atoms with Gasteiger partial charge in [0.1, 0.15) is 0 Å². The molecule has 0 rings (SSSR count). The van der Waals surface area contributed by atoms with Gasteiger partial charge in [0.15, 0.2) is 0 Å². The summed E-state index contributed by atoms with van der Waals surface area (Å²) in [5, 5.41) is 0. The second-order valence-corrected chi connectivity index (χ2v) is 6.98. The fourth-order valence-corrected chi connectivity index (χ4v) is 0.744. The molecule has 0 saturated heterocycles. The Kier molecular flexibility index (Phi) is 2.98. The first-order valence-corrected chi connectivity index (χ1v) is 5.72. The molecule has 0 unspecified atom stereocenters. The van der Waals surface area contributed by atoms with E-state index in [-0.39, 0.29) is 0 Å². The van der Waals surface area contributed by atoms with Crippen molar-refractivity contribution in [3.8, 4) is 0 Å². The molecule has 0 N–H and O–H groups in total. The van der Waals surface area contributed by atoms with Crippen molar-refractivity contribution in [3.05, 3.63) is 12.3 Å². The van der Waals surface area contributed by atoms with E-state index in [1.165, 1.54) is 0 Å². The summed E-state index contributed by atoms with van der Waals surface area (Å²) in [5.74, 6) is 0. The van der Waals surface area contributed by atoms with E-state index in [9.17, 15) is 0 Å². The molecule has 0 heterocycles. The van der Waals surface area contributed by atoms with Gasteiger partial charge in [-0.1, -0.05) is 6.58 Å². The molecule has 0 fully saturated rings. The summed E-state index contributed by atoms with van der Waals surface area (Å²) in [5.41, 5.74) is 2.88. The van der Waals surface area contributed by atoms with Crippen molar-refractivity contribution in [2.45, 2.75) is 6.92 Å². The van der Waals surface area contributed by atoms with Gasteiger partial charge in [-0.05, 0) is 25.7 Å². The standard InChI is InChI=1S/C7H15NS/c1-7(2)8-6-9(3,4)5/h6H,1H2,2-5H3/b8-6-. The van der Waals surface area contributed by atoms with E-state index in [1.54, 1.807) is 0 Å². The number of allylic oxidation sites excluding steroid dienone is 1. The van der Waals surface area contributed by atoms with Gasteiger partial charge in [0.25, 0.3) is 0 Å². The molecule has 0 radical (unpaired) electrons. The largest absolute Gasteiger partial charge is 0.257 e. The van der Waals surface area contributed by atoms with Crippen LogP contribution in [0.25, 0.3) is 0 Å². The molecule has 0 aliphatic rings. The summed E-state index contributed by atoms with van der Waals surface area (Å²) < 4.78 is 0. The van der Waals surface area contributed by atoms with E-state index in [1.807, 2.05) is 12.5 Å². The molecule has 0 atom stereocenters. The van der Waals surface area contributed by atoms with Crippen LogP contribution >= 0.6 is 10.0 Å². The molecule has 1 nitrogen and oxygen atoms in total. The van der Waals surface area contributed by atoms with E-state index < -0.39 is 10.0 Å². The van der Waals surface area contributed by atoms with Crippen molar-refractivity contribution in [3.63, 3.8) is 0 Å². The van der Waals surface area contributed by atoms with Crippen LogP contribution in [0.2, 0.25) is 0 Å². The molecule has 54 valence electrons. The molecule has 0 aromatic heterocycles. The van der Waals surface area contributed by atoms with Gasteiger partial charge in [-0.15, -0.1) is 0 Å². The van der Waals surface area contributed by atoms with E-state index in [4.69, 9.17) is 0 Å². The second-order valence-electron chi connectivity index (χ2n) is 2.90. The number of rotatable bonds is 2. The Labute approximate surface area is 59.2 Å². The molecule has 0 aromatic carbocycles. The van der Waals surface area contributed by atoms with Crippen molar-refractivity contribution >= 4 is 15.6 Å². The third-order valence-electron chi connectivity index (χ3n) is 0.589. The first kappa shape index (κ1) is 8.76. The summed E-state index contributed by atoms with van der Waals surface area (Å²) in [6, 6.07) is 0. The van der Waals surface area contributed by atoms with E-state index in [0.717, 1.165) is 5.70 Å². The zero-order valence-corrected chi connectivity index (χ0v) is 7.46. The van der Waals surface area contributed by atoms with Crippen LogP contribution in [0.15, 0.2) is 17.3 Å². The SMILES string of the molecule is C=C(C)/N=C\S(C)(C)C. The van der Waals surface area contributed by atoms with Crippen molar-refractivity contribution in [2.24, 2.45) is 4.99 Å². The molecule has 0 saturated carbocycles. The number of nitrogens with zero attached hydrogens (tertiary/aromatic N) is 1. The van der Waals surface area contributed by atoms with Crippen molar-refractivity contribution < 1.29 is 0 Å². The number of hydrogen-bond donors (Lipinski definition) is 0. The minimum Gasteiger partial charge on any atom is -0.257 e. The van der Waals surface area contributed by atoms with Gasteiger partial charge in [-0.2, -0.15) is 0 Å². The lowest BCUT2D eigenvalue weighted by atomic mass is 10.6. The first-order valence-electron chi connectivity index (χ1n) is 2.80. The maximum atomic E-state index is 4.11. The Morgan fingerprint density at radius 3 is 2.00 bits per heavy atom. The highest BCUT2D eigenvalue weighted by Gasteiger charge is 1.95. The zero-order valence-electron chi connectivity index (χ0n) is 6.64. The quantitative estimate of drug-likeness (QED) is 0.417. The van der Waals surface area contributed by atoms with Gasteiger partial charge in [-0.3, -0.25) is 4.99 Å². The zero-order chi connectivity index (χ0) is 7.49. The van der Waals surface area contributed by atoms with Crippen LogP contribution < -0.4 is 0 Å². The van der Waals surface area contributed by atoms with Gasteiger partial charge in [-0.25, -0.2) is 10.0 Å². The molecular formula is C7H15NS. The summed E-state index contributed by atoms with van der Waals surface area (Å²) in [6.07, 6.45) is 6.58. The lowest BCUT2D eigenvalue weighted by molar-refractivity contribution is 1.35. The normalized spacial score (nSPS) is 14.2. The average Bonchev–Trinajstić information content (AvgIpc) is 1.59. The maximum absolute atomic E-state index is 4.11. The highest BCUT2D eigenvalue weighted by molar-refractivity contribution is 8.42. The number of hydrogen-bond acceptors (Lipinski definition) is 1. The number of aliphatic imine (C=N–C) groups is 1. The molecule has 2 heteroatoms. The third-order valence-corrected chi connectivity index (χ3v) is 1.33. The van der Waals surface area contributed by atoms with E-state index in [2.05, 4.69) is 30.3 Å².